The summed E-state index contributed by atoms with van der Waals surface area (Å²) in [6.07, 6.45) is 0. The van der Waals surface area contributed by atoms with Crippen LogP contribution in [-0.2, 0) is 0 Å². The number of hydrogen-bond acceptors (Lipinski definition) is 5. The molecule has 3 aromatic heterocycles. The van der Waals surface area contributed by atoms with E-state index in [9.17, 15) is 0 Å². The van der Waals surface area contributed by atoms with Crippen molar-refractivity contribution in [1.82, 2.24) is 19.8 Å². The predicted molar refractivity (Wildman–Crippen MR) is 63.2 cm³/mol. The zero-order chi connectivity index (χ0) is 11.1. The van der Waals surface area contributed by atoms with Crippen molar-refractivity contribution in [2.24, 2.45) is 0 Å². The zero-order valence-electron chi connectivity index (χ0n) is 8.58. The summed E-state index contributed by atoms with van der Waals surface area (Å²) in [5.74, 6) is 0.692. The molecule has 80 valence electrons. The van der Waals surface area contributed by atoms with Crippen molar-refractivity contribution in [3.8, 4) is 11.4 Å². The highest BCUT2D eigenvalue weighted by Gasteiger charge is 2.12. The van der Waals surface area contributed by atoms with E-state index < -0.39 is 0 Å². The Hall–Kier alpha value is -1.95. The van der Waals surface area contributed by atoms with Crippen LogP contribution >= 0.6 is 11.3 Å². The van der Waals surface area contributed by atoms with Crippen LogP contribution in [0.3, 0.4) is 0 Å². The van der Waals surface area contributed by atoms with Gasteiger partial charge < -0.3 is 5.73 Å². The fourth-order valence-electron chi connectivity index (χ4n) is 1.55. The van der Waals surface area contributed by atoms with Gasteiger partial charge >= 0.3 is 0 Å². The summed E-state index contributed by atoms with van der Waals surface area (Å²) in [6.45, 7) is 1.93. The van der Waals surface area contributed by atoms with Crippen LogP contribution in [0.2, 0.25) is 0 Å². The first-order valence-corrected chi connectivity index (χ1v) is 5.66. The SMILES string of the molecule is Cc1ccc2nnc(-c3ccsc3N)n2n1. The van der Waals surface area contributed by atoms with E-state index in [0.717, 1.165) is 21.9 Å². The Kier molecular flexibility index (Phi) is 1.90. The molecule has 0 spiro atoms. The number of nitrogens with zero attached hydrogens (tertiary/aromatic N) is 4. The Bertz CT molecular complexity index is 654. The molecule has 0 saturated heterocycles. The molecule has 0 aliphatic rings. The highest BCUT2D eigenvalue weighted by atomic mass is 32.1. The van der Waals surface area contributed by atoms with E-state index in [1.165, 1.54) is 11.3 Å². The first-order chi connectivity index (χ1) is 7.75. The standard InChI is InChI=1S/C10H9N5S/c1-6-2-3-8-12-13-10(15(8)14-6)7-4-5-16-9(7)11/h2-5H,11H2,1H3. The largest absolute Gasteiger partial charge is 0.390 e. The van der Waals surface area contributed by atoms with Gasteiger partial charge in [0.1, 0.15) is 0 Å². The van der Waals surface area contributed by atoms with Gasteiger partial charge in [0, 0.05) is 0 Å². The molecule has 0 aliphatic heterocycles. The molecule has 16 heavy (non-hydrogen) atoms. The summed E-state index contributed by atoms with van der Waals surface area (Å²) in [5, 5.41) is 15.2. The maximum atomic E-state index is 5.87. The average molecular weight is 231 g/mol. The third-order valence-corrected chi connectivity index (χ3v) is 3.08. The van der Waals surface area contributed by atoms with E-state index in [1.807, 2.05) is 30.5 Å². The fraction of sp³-hybridized carbons (Fsp3) is 0.100. The van der Waals surface area contributed by atoms with E-state index in [1.54, 1.807) is 4.52 Å². The molecule has 0 fully saturated rings. The number of aryl methyl sites for hydroxylation is 1. The highest BCUT2D eigenvalue weighted by molar-refractivity contribution is 7.14. The summed E-state index contributed by atoms with van der Waals surface area (Å²) >= 11 is 1.48. The summed E-state index contributed by atoms with van der Waals surface area (Å²) in [7, 11) is 0. The van der Waals surface area contributed by atoms with E-state index in [4.69, 9.17) is 5.73 Å². The number of nitrogens with two attached hydrogens (primary N) is 1. The van der Waals surface area contributed by atoms with Crippen molar-refractivity contribution in [1.29, 1.82) is 0 Å². The molecule has 6 heteroatoms. The molecular formula is C10H9N5S. The van der Waals surface area contributed by atoms with Crippen molar-refractivity contribution >= 4 is 22.0 Å². The second kappa shape index (κ2) is 3.28. The van der Waals surface area contributed by atoms with Crippen LogP contribution in [0.25, 0.3) is 17.0 Å². The van der Waals surface area contributed by atoms with Crippen molar-refractivity contribution in [3.63, 3.8) is 0 Å². The van der Waals surface area contributed by atoms with Crippen LogP contribution < -0.4 is 5.73 Å². The normalized spacial score (nSPS) is 11.1. The molecule has 0 radical (unpaired) electrons. The Labute approximate surface area is 95.5 Å². The second-order valence-corrected chi connectivity index (χ2v) is 4.41. The van der Waals surface area contributed by atoms with Crippen LogP contribution in [0.5, 0.6) is 0 Å². The van der Waals surface area contributed by atoms with Gasteiger partial charge in [0.25, 0.3) is 0 Å². The second-order valence-electron chi connectivity index (χ2n) is 3.47. The summed E-state index contributed by atoms with van der Waals surface area (Å²) in [6, 6.07) is 5.73. The van der Waals surface area contributed by atoms with Gasteiger partial charge in [-0.15, -0.1) is 21.5 Å². The van der Waals surface area contributed by atoms with E-state index >= 15 is 0 Å². The molecule has 0 aliphatic carbocycles. The van der Waals surface area contributed by atoms with Crippen molar-refractivity contribution in [3.05, 3.63) is 29.3 Å². The van der Waals surface area contributed by atoms with Gasteiger partial charge in [-0.25, -0.2) is 0 Å². The molecule has 3 rings (SSSR count). The van der Waals surface area contributed by atoms with Crippen molar-refractivity contribution in [2.75, 3.05) is 5.73 Å². The Morgan fingerprint density at radius 1 is 1.25 bits per heavy atom. The van der Waals surface area contributed by atoms with Crippen LogP contribution in [0, 0.1) is 6.92 Å². The lowest BCUT2D eigenvalue weighted by Gasteiger charge is -1.98. The minimum Gasteiger partial charge on any atom is -0.390 e. The van der Waals surface area contributed by atoms with Gasteiger partial charge in [-0.2, -0.15) is 9.61 Å². The van der Waals surface area contributed by atoms with E-state index in [-0.39, 0.29) is 0 Å². The number of anilines is 1. The quantitative estimate of drug-likeness (QED) is 0.692. The topological polar surface area (TPSA) is 69.1 Å². The molecule has 0 bridgehead atoms. The molecule has 0 amide bonds. The van der Waals surface area contributed by atoms with Crippen LogP contribution in [0.4, 0.5) is 5.00 Å². The Morgan fingerprint density at radius 3 is 2.88 bits per heavy atom. The zero-order valence-corrected chi connectivity index (χ0v) is 9.40. The van der Waals surface area contributed by atoms with Crippen LogP contribution in [0.1, 0.15) is 5.69 Å². The lowest BCUT2D eigenvalue weighted by atomic mass is 10.3. The van der Waals surface area contributed by atoms with E-state index in [2.05, 4.69) is 15.3 Å². The molecular weight excluding hydrogens is 222 g/mol. The number of nitrogen functional groups attached to an aromatic ring is 1. The minimum absolute atomic E-state index is 0.692. The lowest BCUT2D eigenvalue weighted by molar-refractivity contribution is 0.902. The smallest absolute Gasteiger partial charge is 0.188 e. The first-order valence-electron chi connectivity index (χ1n) is 4.78. The number of aromatic nitrogens is 4. The van der Waals surface area contributed by atoms with Gasteiger partial charge in [-0.05, 0) is 30.5 Å². The molecule has 0 saturated carbocycles. The minimum atomic E-state index is 0.692. The average Bonchev–Trinajstić information content (AvgIpc) is 2.83. The predicted octanol–water partition coefficient (Wildman–Crippen LogP) is 1.74. The highest BCUT2D eigenvalue weighted by Crippen LogP contribution is 2.28. The molecule has 3 aromatic rings. The number of rotatable bonds is 1. The monoisotopic (exact) mass is 231 g/mol. The number of hydrogen-bond donors (Lipinski definition) is 1. The molecule has 0 aromatic carbocycles. The maximum Gasteiger partial charge on any atom is 0.188 e. The number of fused-ring (bicyclic) bond motifs is 1. The third-order valence-electron chi connectivity index (χ3n) is 2.33. The molecule has 0 atom stereocenters. The number of thiophene rings is 1. The molecule has 2 N–H and O–H groups in total. The van der Waals surface area contributed by atoms with Gasteiger partial charge in [0.2, 0.25) is 0 Å². The van der Waals surface area contributed by atoms with Crippen LogP contribution in [-0.4, -0.2) is 19.8 Å². The lowest BCUT2D eigenvalue weighted by Crippen LogP contribution is -1.97. The molecule has 3 heterocycles. The maximum absolute atomic E-state index is 5.87. The molecule has 0 unspecified atom stereocenters. The first kappa shape index (κ1) is 9.29. The van der Waals surface area contributed by atoms with Gasteiger partial charge in [0.15, 0.2) is 11.5 Å². The van der Waals surface area contributed by atoms with Gasteiger partial charge in [-0.1, -0.05) is 0 Å². The summed E-state index contributed by atoms with van der Waals surface area (Å²) < 4.78 is 1.72. The van der Waals surface area contributed by atoms with Gasteiger partial charge in [-0.3, -0.25) is 0 Å². The van der Waals surface area contributed by atoms with Crippen molar-refractivity contribution < 1.29 is 0 Å². The Morgan fingerprint density at radius 2 is 2.12 bits per heavy atom. The fourth-order valence-corrected chi connectivity index (χ4v) is 2.19. The van der Waals surface area contributed by atoms with Gasteiger partial charge in [0.05, 0.1) is 16.3 Å². The van der Waals surface area contributed by atoms with Crippen LogP contribution in [0.15, 0.2) is 23.6 Å². The third kappa shape index (κ3) is 1.27. The Balaban J connectivity index is 2.32. The molecule has 5 nitrogen and oxygen atoms in total. The van der Waals surface area contributed by atoms with E-state index in [0.29, 0.717) is 5.82 Å². The summed E-state index contributed by atoms with van der Waals surface area (Å²) in [4.78, 5) is 0. The van der Waals surface area contributed by atoms with Crippen molar-refractivity contribution in [2.45, 2.75) is 6.92 Å². The summed E-state index contributed by atoms with van der Waals surface area (Å²) in [5.41, 5.74) is 8.40.